The van der Waals surface area contributed by atoms with Crippen LogP contribution in [-0.4, -0.2) is 17.9 Å². The largest absolute Gasteiger partial charge is 0.496 e. The van der Waals surface area contributed by atoms with Gasteiger partial charge in [0.1, 0.15) is 5.75 Å². The van der Waals surface area contributed by atoms with Crippen molar-refractivity contribution in [2.45, 2.75) is 27.2 Å². The molecule has 21 heavy (non-hydrogen) atoms. The van der Waals surface area contributed by atoms with Gasteiger partial charge in [-0.15, -0.1) is 0 Å². The number of hydrogen-bond donors (Lipinski definition) is 1. The van der Waals surface area contributed by atoms with E-state index in [-0.39, 0.29) is 12.2 Å². The zero-order valence-electron chi connectivity index (χ0n) is 12.9. The van der Waals surface area contributed by atoms with Gasteiger partial charge in [0.2, 0.25) is 0 Å². The third-order valence-corrected chi connectivity index (χ3v) is 3.75. The lowest BCUT2D eigenvalue weighted by molar-refractivity contribution is 0.0991. The zero-order valence-corrected chi connectivity index (χ0v) is 12.9. The Bertz CT molecular complexity index is 693. The molecule has 0 spiro atoms. The number of ether oxygens (including phenoxy) is 1. The van der Waals surface area contributed by atoms with Crippen LogP contribution < -0.4 is 10.5 Å². The van der Waals surface area contributed by atoms with E-state index in [0.717, 1.165) is 28.1 Å². The number of aryl methyl sites for hydroxylation is 1. The quantitative estimate of drug-likeness (QED) is 0.692. The first-order valence-electron chi connectivity index (χ1n) is 6.83. The van der Waals surface area contributed by atoms with Gasteiger partial charge in [-0.2, -0.15) is 0 Å². The summed E-state index contributed by atoms with van der Waals surface area (Å²) in [5.74, 6) is 0.804. The average molecular weight is 284 g/mol. The second-order valence-electron chi connectivity index (χ2n) is 5.17. The van der Waals surface area contributed by atoms with Gasteiger partial charge in [0, 0.05) is 28.6 Å². The molecule has 2 rings (SSSR count). The van der Waals surface area contributed by atoms with E-state index >= 15 is 0 Å². The van der Waals surface area contributed by atoms with E-state index in [9.17, 15) is 4.79 Å². The van der Waals surface area contributed by atoms with Crippen molar-refractivity contribution in [3.05, 3.63) is 52.3 Å². The second kappa shape index (κ2) is 5.95. The van der Waals surface area contributed by atoms with E-state index in [1.807, 2.05) is 20.8 Å². The molecule has 1 aromatic carbocycles. The molecular weight excluding hydrogens is 264 g/mol. The van der Waals surface area contributed by atoms with Crippen molar-refractivity contribution < 1.29 is 9.53 Å². The van der Waals surface area contributed by atoms with E-state index in [1.54, 1.807) is 31.5 Å². The van der Waals surface area contributed by atoms with Gasteiger partial charge in [-0.1, -0.05) is 12.1 Å². The summed E-state index contributed by atoms with van der Waals surface area (Å²) in [5, 5.41) is 0. The number of rotatable bonds is 4. The number of ketones is 1. The molecule has 0 aliphatic rings. The Morgan fingerprint density at radius 2 is 1.95 bits per heavy atom. The molecule has 110 valence electrons. The second-order valence-corrected chi connectivity index (χ2v) is 5.17. The molecule has 2 N–H and O–H groups in total. The number of nitrogens with zero attached hydrogens (tertiary/aromatic N) is 1. The van der Waals surface area contributed by atoms with E-state index in [4.69, 9.17) is 10.5 Å². The van der Waals surface area contributed by atoms with Gasteiger partial charge >= 0.3 is 0 Å². The number of pyridine rings is 1. The number of carbonyl (C=O) groups is 1. The maximum absolute atomic E-state index is 12.5. The fourth-order valence-corrected chi connectivity index (χ4v) is 2.45. The summed E-state index contributed by atoms with van der Waals surface area (Å²) in [6.45, 7) is 5.72. The molecule has 4 heteroatoms. The first-order chi connectivity index (χ1) is 9.95. The smallest absolute Gasteiger partial charge is 0.169 e. The first-order valence-corrected chi connectivity index (χ1v) is 6.83. The Kier molecular flexibility index (Phi) is 4.26. The van der Waals surface area contributed by atoms with Crippen LogP contribution in [0, 0.1) is 20.8 Å². The van der Waals surface area contributed by atoms with Gasteiger partial charge in [0.25, 0.3) is 0 Å². The number of methoxy groups -OCH3 is 1. The zero-order chi connectivity index (χ0) is 15.6. The third kappa shape index (κ3) is 2.89. The number of nitrogen functional groups attached to an aromatic ring is 1. The van der Waals surface area contributed by atoms with Crippen LogP contribution >= 0.6 is 0 Å². The minimum Gasteiger partial charge on any atom is -0.496 e. The molecule has 0 aliphatic carbocycles. The minimum atomic E-state index is 0.0151. The van der Waals surface area contributed by atoms with Crippen molar-refractivity contribution in [1.29, 1.82) is 0 Å². The number of Topliss-reactive ketones (excluding diaryl/α,β-unsaturated/α-hetero) is 1. The van der Waals surface area contributed by atoms with Crippen molar-refractivity contribution in [2.75, 3.05) is 12.8 Å². The molecule has 0 saturated carbocycles. The topological polar surface area (TPSA) is 65.2 Å². The number of aromatic nitrogens is 1. The molecule has 0 atom stereocenters. The van der Waals surface area contributed by atoms with Gasteiger partial charge in [0.05, 0.1) is 19.2 Å². The van der Waals surface area contributed by atoms with Crippen LogP contribution in [0.1, 0.15) is 32.7 Å². The first kappa shape index (κ1) is 15.0. The van der Waals surface area contributed by atoms with Gasteiger partial charge in [0.15, 0.2) is 5.78 Å². The van der Waals surface area contributed by atoms with Crippen LogP contribution in [0.15, 0.2) is 24.4 Å². The van der Waals surface area contributed by atoms with E-state index in [2.05, 4.69) is 4.98 Å². The number of anilines is 1. The van der Waals surface area contributed by atoms with Gasteiger partial charge in [-0.25, -0.2) is 0 Å². The fraction of sp³-hybridized carbons (Fsp3) is 0.294. The molecule has 0 fully saturated rings. The number of hydrogen-bond acceptors (Lipinski definition) is 4. The molecule has 0 radical (unpaired) electrons. The third-order valence-electron chi connectivity index (χ3n) is 3.75. The molecule has 0 aliphatic heterocycles. The standard InChI is InChI=1S/C17H20N2O2/c1-10-9-19-15(12(3)17(10)21-4)8-16(20)13-6-5-7-14(18)11(13)2/h5-7,9H,8,18H2,1-4H3. The Balaban J connectivity index is 2.34. The van der Waals surface area contributed by atoms with Gasteiger partial charge in [-0.3, -0.25) is 9.78 Å². The predicted octanol–water partition coefficient (Wildman–Crippen LogP) is 3.02. The summed E-state index contributed by atoms with van der Waals surface area (Å²) in [6, 6.07) is 5.39. The Morgan fingerprint density at radius 3 is 2.62 bits per heavy atom. The number of carbonyl (C=O) groups excluding carboxylic acids is 1. The van der Waals surface area contributed by atoms with Crippen molar-refractivity contribution in [3.8, 4) is 5.75 Å². The van der Waals surface area contributed by atoms with E-state index < -0.39 is 0 Å². The molecule has 4 nitrogen and oxygen atoms in total. The van der Waals surface area contributed by atoms with Crippen LogP contribution in [0.25, 0.3) is 0 Å². The summed E-state index contributed by atoms with van der Waals surface area (Å²) in [4.78, 5) is 16.9. The van der Waals surface area contributed by atoms with Crippen LogP contribution in [0.3, 0.4) is 0 Å². The number of benzene rings is 1. The van der Waals surface area contributed by atoms with E-state index in [0.29, 0.717) is 11.3 Å². The highest BCUT2D eigenvalue weighted by Crippen LogP contribution is 2.25. The maximum Gasteiger partial charge on any atom is 0.169 e. The summed E-state index contributed by atoms with van der Waals surface area (Å²) >= 11 is 0. The molecule has 0 unspecified atom stereocenters. The molecule has 0 saturated heterocycles. The summed E-state index contributed by atoms with van der Waals surface area (Å²) in [5.41, 5.74) is 10.6. The normalized spacial score (nSPS) is 10.5. The SMILES string of the molecule is COc1c(C)cnc(CC(=O)c2cccc(N)c2C)c1C. The Labute approximate surface area is 125 Å². The van der Waals surface area contributed by atoms with Crippen LogP contribution in [-0.2, 0) is 6.42 Å². The Morgan fingerprint density at radius 1 is 1.24 bits per heavy atom. The van der Waals surface area contributed by atoms with Crippen LogP contribution in [0.5, 0.6) is 5.75 Å². The lowest BCUT2D eigenvalue weighted by Crippen LogP contribution is -2.10. The minimum absolute atomic E-state index is 0.0151. The highest BCUT2D eigenvalue weighted by atomic mass is 16.5. The molecule has 0 amide bonds. The predicted molar refractivity (Wildman–Crippen MR) is 83.9 cm³/mol. The monoisotopic (exact) mass is 284 g/mol. The average Bonchev–Trinajstić information content (AvgIpc) is 2.45. The van der Waals surface area contributed by atoms with Crippen LogP contribution in [0.2, 0.25) is 0 Å². The van der Waals surface area contributed by atoms with Gasteiger partial charge in [-0.05, 0) is 32.4 Å². The summed E-state index contributed by atoms with van der Waals surface area (Å²) < 4.78 is 5.38. The Hall–Kier alpha value is -2.36. The van der Waals surface area contributed by atoms with Crippen molar-refractivity contribution in [3.63, 3.8) is 0 Å². The number of nitrogens with two attached hydrogens (primary N) is 1. The van der Waals surface area contributed by atoms with Crippen LogP contribution in [0.4, 0.5) is 5.69 Å². The van der Waals surface area contributed by atoms with E-state index in [1.165, 1.54) is 0 Å². The maximum atomic E-state index is 12.5. The molecule has 1 aromatic heterocycles. The molecule has 2 aromatic rings. The lowest BCUT2D eigenvalue weighted by Gasteiger charge is -2.12. The fourth-order valence-electron chi connectivity index (χ4n) is 2.45. The molecular formula is C17H20N2O2. The van der Waals surface area contributed by atoms with Crippen molar-refractivity contribution >= 4 is 11.5 Å². The lowest BCUT2D eigenvalue weighted by atomic mass is 9.98. The molecule has 0 bridgehead atoms. The van der Waals surface area contributed by atoms with Gasteiger partial charge < -0.3 is 10.5 Å². The summed E-state index contributed by atoms with van der Waals surface area (Å²) in [7, 11) is 1.63. The van der Waals surface area contributed by atoms with Crippen molar-refractivity contribution in [1.82, 2.24) is 4.98 Å². The summed E-state index contributed by atoms with van der Waals surface area (Å²) in [6.07, 6.45) is 1.98. The highest BCUT2D eigenvalue weighted by Gasteiger charge is 2.16. The highest BCUT2D eigenvalue weighted by molar-refractivity contribution is 5.99. The molecule has 1 heterocycles. The van der Waals surface area contributed by atoms with Crippen molar-refractivity contribution in [2.24, 2.45) is 0 Å².